The van der Waals surface area contributed by atoms with E-state index in [2.05, 4.69) is 12.2 Å². The van der Waals surface area contributed by atoms with Crippen LogP contribution in [0.3, 0.4) is 0 Å². The molecule has 0 bridgehead atoms. The lowest BCUT2D eigenvalue weighted by atomic mass is 9.90. The van der Waals surface area contributed by atoms with E-state index in [1.54, 1.807) is 0 Å². The van der Waals surface area contributed by atoms with Crippen molar-refractivity contribution in [2.75, 3.05) is 12.3 Å². The second-order valence-corrected chi connectivity index (χ2v) is 6.59. The van der Waals surface area contributed by atoms with E-state index in [-0.39, 0.29) is 10.8 Å². The predicted molar refractivity (Wildman–Crippen MR) is 72.9 cm³/mol. The highest BCUT2D eigenvalue weighted by Gasteiger charge is 2.38. The molecule has 1 aromatic carbocycles. The van der Waals surface area contributed by atoms with Crippen molar-refractivity contribution in [3.63, 3.8) is 0 Å². The van der Waals surface area contributed by atoms with Gasteiger partial charge in [-0.2, -0.15) is 11.8 Å². The van der Waals surface area contributed by atoms with E-state index in [0.29, 0.717) is 5.56 Å². The number of nitrogens with one attached hydrogen (secondary N) is 1. The molecule has 1 nitrogen and oxygen atoms in total. The van der Waals surface area contributed by atoms with Gasteiger partial charge in [0.2, 0.25) is 0 Å². The van der Waals surface area contributed by atoms with Crippen molar-refractivity contribution in [3.8, 4) is 0 Å². The van der Waals surface area contributed by atoms with Crippen molar-refractivity contribution in [1.82, 2.24) is 5.32 Å². The smallest absolute Gasteiger partial charge is 0.126 e. The van der Waals surface area contributed by atoms with Crippen LogP contribution in [0.5, 0.6) is 0 Å². The molecule has 100 valence electrons. The number of rotatable bonds is 4. The maximum absolute atomic E-state index is 13.4. The first-order valence-corrected chi connectivity index (χ1v) is 7.37. The Kier molecular flexibility index (Phi) is 4.28. The van der Waals surface area contributed by atoms with E-state index in [1.807, 2.05) is 18.7 Å². The van der Waals surface area contributed by atoms with Gasteiger partial charge in [0, 0.05) is 16.9 Å². The Balaban J connectivity index is 2.34. The number of benzene rings is 1. The molecule has 0 radical (unpaired) electrons. The van der Waals surface area contributed by atoms with Crippen molar-refractivity contribution >= 4 is 11.8 Å². The number of hydrogen-bond donors (Lipinski definition) is 1. The minimum atomic E-state index is -0.500. The normalized spacial score (nSPS) is 25.3. The van der Waals surface area contributed by atoms with E-state index >= 15 is 0 Å². The van der Waals surface area contributed by atoms with Gasteiger partial charge in [-0.15, -0.1) is 0 Å². The van der Waals surface area contributed by atoms with Crippen molar-refractivity contribution in [1.29, 1.82) is 0 Å². The van der Waals surface area contributed by atoms with Crippen LogP contribution in [0.4, 0.5) is 8.78 Å². The summed E-state index contributed by atoms with van der Waals surface area (Å²) in [6.07, 6.45) is 2.24. The van der Waals surface area contributed by atoms with Gasteiger partial charge in [-0.05, 0) is 49.8 Å². The molecule has 0 saturated carbocycles. The second-order valence-electron chi connectivity index (χ2n) is 4.96. The molecule has 0 amide bonds. The van der Waals surface area contributed by atoms with E-state index in [4.69, 9.17) is 0 Å². The molecule has 4 heteroatoms. The average molecular weight is 271 g/mol. The molecule has 0 aliphatic carbocycles. The van der Waals surface area contributed by atoms with Gasteiger partial charge < -0.3 is 5.32 Å². The summed E-state index contributed by atoms with van der Waals surface area (Å²) in [7, 11) is 0. The summed E-state index contributed by atoms with van der Waals surface area (Å²) in [5.41, 5.74) is 0.714. The highest BCUT2D eigenvalue weighted by molar-refractivity contribution is 8.00. The SMILES string of the molecule is CCNC(c1cc(F)cc(F)c1)C1(C)CCCS1. The molecule has 1 fully saturated rings. The molecule has 1 aliphatic rings. The summed E-state index contributed by atoms with van der Waals surface area (Å²) in [6.45, 7) is 4.99. The third-order valence-corrected chi connectivity index (χ3v) is 5.08. The van der Waals surface area contributed by atoms with E-state index in [1.165, 1.54) is 18.6 Å². The first-order chi connectivity index (χ1) is 8.55. The fraction of sp³-hybridized carbons (Fsp3) is 0.571. The molecule has 1 saturated heterocycles. The monoisotopic (exact) mass is 271 g/mol. The Morgan fingerprint density at radius 2 is 2.00 bits per heavy atom. The van der Waals surface area contributed by atoms with Gasteiger partial charge in [0.25, 0.3) is 0 Å². The van der Waals surface area contributed by atoms with Gasteiger partial charge >= 0.3 is 0 Å². The third-order valence-electron chi connectivity index (χ3n) is 3.49. The van der Waals surface area contributed by atoms with Crippen LogP contribution in [0.1, 0.15) is 38.3 Å². The van der Waals surface area contributed by atoms with E-state index in [9.17, 15) is 8.78 Å². The Labute approximate surface area is 111 Å². The molecule has 1 N–H and O–H groups in total. The zero-order valence-corrected chi connectivity index (χ0v) is 11.6. The van der Waals surface area contributed by atoms with Gasteiger partial charge in [0.1, 0.15) is 11.6 Å². The van der Waals surface area contributed by atoms with E-state index < -0.39 is 11.6 Å². The summed E-state index contributed by atoms with van der Waals surface area (Å²) < 4.78 is 26.8. The average Bonchev–Trinajstić information content (AvgIpc) is 2.72. The quantitative estimate of drug-likeness (QED) is 0.891. The molecular formula is C14H19F2NS. The fourth-order valence-electron chi connectivity index (χ4n) is 2.66. The van der Waals surface area contributed by atoms with Crippen LogP contribution in [0.2, 0.25) is 0 Å². The maximum atomic E-state index is 13.4. The Morgan fingerprint density at radius 3 is 2.50 bits per heavy atom. The van der Waals surface area contributed by atoms with Gasteiger partial charge in [-0.25, -0.2) is 8.78 Å². The minimum absolute atomic E-state index is 0.000185. The first-order valence-electron chi connectivity index (χ1n) is 6.38. The Morgan fingerprint density at radius 1 is 1.33 bits per heavy atom. The standard InChI is InChI=1S/C14H19F2NS/c1-3-17-13(14(2)5-4-6-18-14)10-7-11(15)9-12(16)8-10/h7-9,13,17H,3-6H2,1-2H3. The van der Waals surface area contributed by atoms with Crippen LogP contribution in [0, 0.1) is 11.6 Å². The molecule has 2 atom stereocenters. The number of hydrogen-bond acceptors (Lipinski definition) is 2. The third kappa shape index (κ3) is 2.86. The molecule has 2 rings (SSSR count). The fourth-order valence-corrected chi connectivity index (χ4v) is 4.09. The second kappa shape index (κ2) is 5.57. The van der Waals surface area contributed by atoms with Crippen molar-refractivity contribution in [2.24, 2.45) is 0 Å². The van der Waals surface area contributed by atoms with Crippen LogP contribution in [-0.2, 0) is 0 Å². The van der Waals surface area contributed by atoms with Crippen molar-refractivity contribution in [2.45, 2.75) is 37.5 Å². The lowest BCUT2D eigenvalue weighted by molar-refractivity contribution is 0.417. The zero-order valence-electron chi connectivity index (χ0n) is 10.8. The van der Waals surface area contributed by atoms with Gasteiger partial charge in [0.05, 0.1) is 0 Å². The molecule has 1 aliphatic heterocycles. The molecule has 18 heavy (non-hydrogen) atoms. The Hall–Kier alpha value is -0.610. The van der Waals surface area contributed by atoms with Crippen molar-refractivity contribution < 1.29 is 8.78 Å². The first kappa shape index (κ1) is 13.8. The molecule has 0 aromatic heterocycles. The predicted octanol–water partition coefficient (Wildman–Crippen LogP) is 3.90. The largest absolute Gasteiger partial charge is 0.309 e. The van der Waals surface area contributed by atoms with Crippen LogP contribution in [0.25, 0.3) is 0 Å². The van der Waals surface area contributed by atoms with Crippen LogP contribution >= 0.6 is 11.8 Å². The number of thioether (sulfide) groups is 1. The van der Waals surface area contributed by atoms with Crippen LogP contribution in [-0.4, -0.2) is 17.0 Å². The maximum Gasteiger partial charge on any atom is 0.126 e. The molecule has 1 heterocycles. The lowest BCUT2D eigenvalue weighted by Crippen LogP contribution is -2.37. The van der Waals surface area contributed by atoms with Gasteiger partial charge in [-0.3, -0.25) is 0 Å². The molecule has 2 unspecified atom stereocenters. The molecular weight excluding hydrogens is 252 g/mol. The highest BCUT2D eigenvalue weighted by Crippen LogP contribution is 2.46. The van der Waals surface area contributed by atoms with Crippen molar-refractivity contribution in [3.05, 3.63) is 35.4 Å². The van der Waals surface area contributed by atoms with Gasteiger partial charge in [-0.1, -0.05) is 6.92 Å². The summed E-state index contributed by atoms with van der Waals surface area (Å²) in [4.78, 5) is 0. The summed E-state index contributed by atoms with van der Waals surface area (Å²) in [5.74, 6) is 0.120. The van der Waals surface area contributed by atoms with Crippen LogP contribution in [0.15, 0.2) is 18.2 Å². The summed E-state index contributed by atoms with van der Waals surface area (Å²) in [6, 6.07) is 3.82. The lowest BCUT2D eigenvalue weighted by Gasteiger charge is -2.34. The Bertz CT molecular complexity index is 396. The summed E-state index contributed by atoms with van der Waals surface area (Å²) >= 11 is 1.89. The minimum Gasteiger partial charge on any atom is -0.309 e. The van der Waals surface area contributed by atoms with Crippen LogP contribution < -0.4 is 5.32 Å². The summed E-state index contributed by atoms with van der Waals surface area (Å²) in [5, 5.41) is 3.38. The molecule has 1 aromatic rings. The molecule has 0 spiro atoms. The zero-order chi connectivity index (χ0) is 13.2. The van der Waals surface area contributed by atoms with Gasteiger partial charge in [0.15, 0.2) is 0 Å². The number of halogens is 2. The van der Waals surface area contributed by atoms with E-state index in [0.717, 1.165) is 24.8 Å². The topological polar surface area (TPSA) is 12.0 Å². The highest BCUT2D eigenvalue weighted by atomic mass is 32.2.